The van der Waals surface area contributed by atoms with Gasteiger partial charge in [-0.05, 0) is 13.3 Å². The highest BCUT2D eigenvalue weighted by atomic mass is 16.2. The molecule has 0 bridgehead atoms. The van der Waals surface area contributed by atoms with Crippen LogP contribution in [0.2, 0.25) is 0 Å². The molecule has 0 spiro atoms. The van der Waals surface area contributed by atoms with Gasteiger partial charge in [0.2, 0.25) is 5.91 Å². The van der Waals surface area contributed by atoms with Crippen LogP contribution in [0.1, 0.15) is 20.3 Å². The second-order valence-corrected chi connectivity index (χ2v) is 2.86. The number of rotatable bonds is 5. The highest BCUT2D eigenvalue weighted by Gasteiger charge is 2.14. The van der Waals surface area contributed by atoms with Crippen molar-refractivity contribution in [3.63, 3.8) is 0 Å². The van der Waals surface area contributed by atoms with Crippen LogP contribution in [0, 0.1) is 0 Å². The summed E-state index contributed by atoms with van der Waals surface area (Å²) in [7, 11) is 0. The summed E-state index contributed by atoms with van der Waals surface area (Å²) in [6, 6.07) is -0.406. The third kappa shape index (κ3) is 3.53. The van der Waals surface area contributed by atoms with E-state index in [4.69, 9.17) is 5.73 Å². The molecule has 0 aliphatic carbocycles. The van der Waals surface area contributed by atoms with Crippen LogP contribution < -0.4 is 5.73 Å². The maximum absolute atomic E-state index is 11.4. The van der Waals surface area contributed by atoms with Crippen molar-refractivity contribution < 1.29 is 4.79 Å². The second kappa shape index (κ2) is 5.77. The third-order valence-electron chi connectivity index (χ3n) is 1.54. The van der Waals surface area contributed by atoms with Crippen LogP contribution in [0.15, 0.2) is 12.7 Å². The van der Waals surface area contributed by atoms with E-state index in [1.165, 1.54) is 0 Å². The van der Waals surface area contributed by atoms with E-state index in [1.807, 2.05) is 6.92 Å². The van der Waals surface area contributed by atoms with Crippen molar-refractivity contribution in [2.45, 2.75) is 26.3 Å². The fourth-order valence-corrected chi connectivity index (χ4v) is 1.01. The first-order valence-electron chi connectivity index (χ1n) is 4.28. The molecule has 3 heteroatoms. The molecule has 0 aliphatic heterocycles. The fourth-order valence-electron chi connectivity index (χ4n) is 1.01. The summed E-state index contributed by atoms with van der Waals surface area (Å²) >= 11 is 0. The van der Waals surface area contributed by atoms with E-state index in [0.29, 0.717) is 6.54 Å². The molecule has 70 valence electrons. The number of hydrogen-bond acceptors (Lipinski definition) is 2. The van der Waals surface area contributed by atoms with Crippen molar-refractivity contribution >= 4 is 5.91 Å². The van der Waals surface area contributed by atoms with Crippen molar-refractivity contribution in [3.05, 3.63) is 12.7 Å². The van der Waals surface area contributed by atoms with Gasteiger partial charge >= 0.3 is 0 Å². The normalized spacial score (nSPS) is 12.2. The van der Waals surface area contributed by atoms with E-state index >= 15 is 0 Å². The Morgan fingerprint density at radius 2 is 2.33 bits per heavy atom. The minimum Gasteiger partial charge on any atom is -0.338 e. The summed E-state index contributed by atoms with van der Waals surface area (Å²) in [6.07, 6.45) is 2.67. The van der Waals surface area contributed by atoms with E-state index in [9.17, 15) is 4.79 Å². The molecule has 0 aromatic rings. The highest BCUT2D eigenvalue weighted by Crippen LogP contribution is 1.95. The van der Waals surface area contributed by atoms with Crippen LogP contribution >= 0.6 is 0 Å². The maximum Gasteiger partial charge on any atom is 0.239 e. The van der Waals surface area contributed by atoms with Crippen molar-refractivity contribution in [2.24, 2.45) is 5.73 Å². The van der Waals surface area contributed by atoms with Crippen LogP contribution in [0.5, 0.6) is 0 Å². The fraction of sp³-hybridized carbons (Fsp3) is 0.667. The Bertz CT molecular complexity index is 155. The van der Waals surface area contributed by atoms with Gasteiger partial charge in [0.25, 0.3) is 0 Å². The summed E-state index contributed by atoms with van der Waals surface area (Å²) in [5.41, 5.74) is 5.47. The predicted molar refractivity (Wildman–Crippen MR) is 50.7 cm³/mol. The average molecular weight is 170 g/mol. The Labute approximate surface area is 74.2 Å². The second-order valence-electron chi connectivity index (χ2n) is 2.86. The molecule has 0 saturated heterocycles. The first-order valence-corrected chi connectivity index (χ1v) is 4.28. The average Bonchev–Trinajstić information content (AvgIpc) is 2.03. The van der Waals surface area contributed by atoms with Gasteiger partial charge in [-0.25, -0.2) is 0 Å². The topological polar surface area (TPSA) is 46.3 Å². The van der Waals surface area contributed by atoms with Gasteiger partial charge in [0.15, 0.2) is 0 Å². The maximum atomic E-state index is 11.4. The molecule has 0 aromatic carbocycles. The van der Waals surface area contributed by atoms with Crippen LogP contribution in [-0.2, 0) is 4.79 Å². The standard InChI is InChI=1S/C9H18N2O/c1-4-6-11(7-5-2)9(12)8(3)10/h4,8H,1,5-7,10H2,2-3H3/t8-/m1/s1. The van der Waals surface area contributed by atoms with Crippen LogP contribution in [0.4, 0.5) is 0 Å². The first kappa shape index (κ1) is 11.2. The molecule has 1 amide bonds. The Kier molecular flexibility index (Phi) is 5.37. The predicted octanol–water partition coefficient (Wildman–Crippen LogP) is 0.758. The summed E-state index contributed by atoms with van der Waals surface area (Å²) in [5, 5.41) is 0. The molecule has 0 heterocycles. The Morgan fingerprint density at radius 3 is 2.67 bits per heavy atom. The number of nitrogens with two attached hydrogens (primary N) is 1. The minimum absolute atomic E-state index is 0.00301. The molecular formula is C9H18N2O. The van der Waals surface area contributed by atoms with Crippen molar-refractivity contribution in [1.29, 1.82) is 0 Å². The number of carbonyl (C=O) groups excluding carboxylic acids is 1. The molecular weight excluding hydrogens is 152 g/mol. The van der Waals surface area contributed by atoms with Crippen molar-refractivity contribution in [1.82, 2.24) is 4.90 Å². The Hall–Kier alpha value is -0.830. The van der Waals surface area contributed by atoms with Crippen molar-refractivity contribution in [2.75, 3.05) is 13.1 Å². The number of amides is 1. The van der Waals surface area contributed by atoms with Crippen LogP contribution in [0.25, 0.3) is 0 Å². The number of hydrogen-bond donors (Lipinski definition) is 1. The zero-order chi connectivity index (χ0) is 9.56. The molecule has 12 heavy (non-hydrogen) atoms. The third-order valence-corrected chi connectivity index (χ3v) is 1.54. The van der Waals surface area contributed by atoms with Gasteiger partial charge in [0.1, 0.15) is 0 Å². The number of nitrogens with zero attached hydrogens (tertiary/aromatic N) is 1. The van der Waals surface area contributed by atoms with E-state index in [2.05, 4.69) is 6.58 Å². The van der Waals surface area contributed by atoms with Gasteiger partial charge in [0, 0.05) is 13.1 Å². The smallest absolute Gasteiger partial charge is 0.239 e. The molecule has 0 rings (SSSR count). The van der Waals surface area contributed by atoms with Crippen molar-refractivity contribution in [3.8, 4) is 0 Å². The number of carbonyl (C=O) groups is 1. The molecule has 2 N–H and O–H groups in total. The first-order chi connectivity index (χ1) is 5.63. The molecule has 3 nitrogen and oxygen atoms in total. The van der Waals surface area contributed by atoms with E-state index in [-0.39, 0.29) is 5.91 Å². The molecule has 0 unspecified atom stereocenters. The van der Waals surface area contributed by atoms with Gasteiger partial charge < -0.3 is 10.6 Å². The summed E-state index contributed by atoms with van der Waals surface area (Å²) < 4.78 is 0. The SMILES string of the molecule is C=CCN(CCC)C(=O)[C@@H](C)N. The van der Waals surface area contributed by atoms with Gasteiger partial charge in [0.05, 0.1) is 6.04 Å². The summed E-state index contributed by atoms with van der Waals surface area (Å²) in [4.78, 5) is 13.1. The molecule has 0 aliphatic rings. The molecule has 0 aromatic heterocycles. The van der Waals surface area contributed by atoms with Crippen LogP contribution in [0.3, 0.4) is 0 Å². The largest absolute Gasteiger partial charge is 0.338 e. The zero-order valence-corrected chi connectivity index (χ0v) is 7.92. The molecule has 0 fully saturated rings. The van der Waals surface area contributed by atoms with E-state index < -0.39 is 6.04 Å². The lowest BCUT2D eigenvalue weighted by Gasteiger charge is -2.22. The van der Waals surface area contributed by atoms with Gasteiger partial charge in [-0.15, -0.1) is 6.58 Å². The lowest BCUT2D eigenvalue weighted by molar-refractivity contribution is -0.131. The van der Waals surface area contributed by atoms with Gasteiger partial charge in [-0.2, -0.15) is 0 Å². The zero-order valence-electron chi connectivity index (χ0n) is 7.92. The van der Waals surface area contributed by atoms with Gasteiger partial charge in [-0.1, -0.05) is 13.0 Å². The monoisotopic (exact) mass is 170 g/mol. The summed E-state index contributed by atoms with van der Waals surface area (Å²) in [5.74, 6) is -0.00301. The summed E-state index contributed by atoms with van der Waals surface area (Å²) in [6.45, 7) is 8.67. The Balaban J connectivity index is 4.08. The van der Waals surface area contributed by atoms with E-state index in [1.54, 1.807) is 17.9 Å². The lowest BCUT2D eigenvalue weighted by Crippen LogP contribution is -2.42. The molecule has 1 atom stereocenters. The lowest BCUT2D eigenvalue weighted by atomic mass is 10.3. The quantitative estimate of drug-likeness (QED) is 0.619. The minimum atomic E-state index is -0.406. The van der Waals surface area contributed by atoms with Gasteiger partial charge in [-0.3, -0.25) is 4.79 Å². The molecule has 0 radical (unpaired) electrons. The van der Waals surface area contributed by atoms with Crippen LogP contribution in [-0.4, -0.2) is 29.9 Å². The molecule has 0 saturated carbocycles. The van der Waals surface area contributed by atoms with E-state index in [0.717, 1.165) is 13.0 Å². The highest BCUT2D eigenvalue weighted by molar-refractivity contribution is 5.81. The Morgan fingerprint density at radius 1 is 1.75 bits per heavy atom.